The molecule has 5 N–H and O–H groups in total. The quantitative estimate of drug-likeness (QED) is 0.386. The van der Waals surface area contributed by atoms with E-state index >= 15 is 0 Å². The molecule has 0 aliphatic carbocycles. The second-order valence-corrected chi connectivity index (χ2v) is 3.40. The van der Waals surface area contributed by atoms with Crippen molar-refractivity contribution in [2.75, 3.05) is 11.9 Å². The predicted molar refractivity (Wildman–Crippen MR) is 67.1 cm³/mol. The fourth-order valence-corrected chi connectivity index (χ4v) is 1.16. The number of aryl methyl sites for hydroxylation is 1. The van der Waals surface area contributed by atoms with Crippen LogP contribution in [0.25, 0.3) is 0 Å². The second kappa shape index (κ2) is 5.75. The Morgan fingerprint density at radius 3 is 2.31 bits per heavy atom. The van der Waals surface area contributed by atoms with Gasteiger partial charge in [-0.05, 0) is 26.0 Å². The first-order chi connectivity index (χ1) is 7.61. The van der Waals surface area contributed by atoms with E-state index in [2.05, 4.69) is 16.0 Å². The van der Waals surface area contributed by atoms with Crippen LogP contribution in [0.3, 0.4) is 0 Å². The molecule has 0 atom stereocenters. The highest BCUT2D eigenvalue weighted by atomic mass is 15.2. The molecular weight excluding hydrogens is 202 g/mol. The number of benzene rings is 1. The van der Waals surface area contributed by atoms with Gasteiger partial charge in [-0.2, -0.15) is 0 Å². The summed E-state index contributed by atoms with van der Waals surface area (Å²) in [5, 5.41) is 23.2. The number of anilines is 1. The van der Waals surface area contributed by atoms with Crippen LogP contribution in [-0.2, 0) is 0 Å². The number of nitrogens with one attached hydrogen (secondary N) is 5. The summed E-state index contributed by atoms with van der Waals surface area (Å²) >= 11 is 0. The Bertz CT molecular complexity index is 368. The molecule has 1 rings (SSSR count). The minimum Gasteiger partial charge on any atom is -0.357 e. The molecule has 0 spiro atoms. The van der Waals surface area contributed by atoms with E-state index < -0.39 is 0 Å². The van der Waals surface area contributed by atoms with Crippen molar-refractivity contribution in [3.8, 4) is 0 Å². The third-order valence-corrected chi connectivity index (χ3v) is 1.92. The van der Waals surface area contributed by atoms with Gasteiger partial charge < -0.3 is 10.6 Å². The molecule has 0 saturated carbocycles. The topological polar surface area (TPSA) is 83.8 Å². The van der Waals surface area contributed by atoms with E-state index in [1.54, 1.807) is 0 Å². The maximum absolute atomic E-state index is 7.59. The average molecular weight is 219 g/mol. The first kappa shape index (κ1) is 12.0. The molecule has 1 aromatic carbocycles. The molecular formula is C11H17N5. The molecule has 0 saturated heterocycles. The predicted octanol–water partition coefficient (Wildman–Crippen LogP) is 1.48. The minimum absolute atomic E-state index is 0.0785. The normalized spacial score (nSPS) is 9.38. The fraction of sp³-hybridized carbons (Fsp3) is 0.273. The van der Waals surface area contributed by atoms with Gasteiger partial charge in [-0.15, -0.1) is 0 Å². The summed E-state index contributed by atoms with van der Waals surface area (Å²) in [7, 11) is 0. The van der Waals surface area contributed by atoms with Crippen LogP contribution in [-0.4, -0.2) is 18.5 Å². The van der Waals surface area contributed by atoms with Crippen LogP contribution in [0.2, 0.25) is 0 Å². The molecule has 0 aromatic heterocycles. The molecule has 0 bridgehead atoms. The maximum Gasteiger partial charge on any atom is 0.199 e. The van der Waals surface area contributed by atoms with Gasteiger partial charge in [-0.25, -0.2) is 0 Å². The highest BCUT2D eigenvalue weighted by Gasteiger charge is 1.99. The highest BCUT2D eigenvalue weighted by Crippen LogP contribution is 2.07. The SMILES string of the molecule is CCNC(=N)NC(=N)Nc1ccc(C)cc1. The molecule has 0 amide bonds. The first-order valence-electron chi connectivity index (χ1n) is 5.13. The van der Waals surface area contributed by atoms with E-state index in [0.717, 1.165) is 5.69 Å². The largest absolute Gasteiger partial charge is 0.357 e. The van der Waals surface area contributed by atoms with E-state index in [0.29, 0.717) is 6.54 Å². The number of hydrogen-bond donors (Lipinski definition) is 5. The van der Waals surface area contributed by atoms with Gasteiger partial charge in [0.2, 0.25) is 0 Å². The third kappa shape index (κ3) is 4.00. The van der Waals surface area contributed by atoms with E-state index in [-0.39, 0.29) is 11.9 Å². The lowest BCUT2D eigenvalue weighted by Crippen LogP contribution is -2.42. The van der Waals surface area contributed by atoms with E-state index in [1.165, 1.54) is 5.56 Å². The summed E-state index contributed by atoms with van der Waals surface area (Å²) in [4.78, 5) is 0. The lowest BCUT2D eigenvalue weighted by molar-refractivity contribution is 0.922. The van der Waals surface area contributed by atoms with Crippen molar-refractivity contribution in [3.05, 3.63) is 29.8 Å². The van der Waals surface area contributed by atoms with Crippen molar-refractivity contribution in [1.82, 2.24) is 10.6 Å². The van der Waals surface area contributed by atoms with Gasteiger partial charge in [0.15, 0.2) is 11.9 Å². The summed E-state index contributed by atoms with van der Waals surface area (Å²) < 4.78 is 0. The molecule has 0 fully saturated rings. The Balaban J connectivity index is 2.45. The Morgan fingerprint density at radius 2 is 1.75 bits per heavy atom. The zero-order valence-electron chi connectivity index (χ0n) is 9.52. The molecule has 0 aliphatic heterocycles. The molecule has 1 aromatic rings. The smallest absolute Gasteiger partial charge is 0.199 e. The van der Waals surface area contributed by atoms with Gasteiger partial charge >= 0.3 is 0 Å². The zero-order chi connectivity index (χ0) is 12.0. The molecule has 0 heterocycles. The molecule has 5 nitrogen and oxygen atoms in total. The zero-order valence-corrected chi connectivity index (χ0v) is 9.52. The summed E-state index contributed by atoms with van der Waals surface area (Å²) in [6.45, 7) is 4.56. The monoisotopic (exact) mass is 219 g/mol. The van der Waals surface area contributed by atoms with E-state index in [4.69, 9.17) is 10.8 Å². The average Bonchev–Trinajstić information content (AvgIpc) is 2.21. The van der Waals surface area contributed by atoms with Crippen LogP contribution in [0.1, 0.15) is 12.5 Å². The summed E-state index contributed by atoms with van der Waals surface area (Å²) in [5.41, 5.74) is 2.00. The minimum atomic E-state index is 0.0785. The highest BCUT2D eigenvalue weighted by molar-refractivity contribution is 6.02. The Labute approximate surface area is 95.3 Å². The van der Waals surface area contributed by atoms with Crippen molar-refractivity contribution in [1.29, 1.82) is 10.8 Å². The Hall–Kier alpha value is -2.04. The van der Waals surface area contributed by atoms with Gasteiger partial charge in [0.1, 0.15) is 0 Å². The van der Waals surface area contributed by atoms with Crippen molar-refractivity contribution in [2.24, 2.45) is 0 Å². The number of guanidine groups is 2. The van der Waals surface area contributed by atoms with Crippen LogP contribution in [0.5, 0.6) is 0 Å². The van der Waals surface area contributed by atoms with Crippen molar-refractivity contribution >= 4 is 17.6 Å². The number of hydrogen-bond acceptors (Lipinski definition) is 2. The molecule has 0 radical (unpaired) electrons. The van der Waals surface area contributed by atoms with Crippen LogP contribution >= 0.6 is 0 Å². The summed E-state index contributed by atoms with van der Waals surface area (Å²) in [6, 6.07) is 7.71. The summed E-state index contributed by atoms with van der Waals surface area (Å²) in [5.74, 6) is 0.196. The lowest BCUT2D eigenvalue weighted by atomic mass is 10.2. The molecule has 0 unspecified atom stereocenters. The Kier molecular flexibility index (Phi) is 4.32. The van der Waals surface area contributed by atoms with E-state index in [1.807, 2.05) is 38.1 Å². The van der Waals surface area contributed by atoms with Crippen LogP contribution in [0.15, 0.2) is 24.3 Å². The standard InChI is InChI=1S/C11H17N5/c1-3-14-10(12)16-11(13)15-9-6-4-8(2)5-7-9/h4-7H,3H2,1-2H3,(H5,12,13,14,15,16). The molecule has 5 heteroatoms. The van der Waals surface area contributed by atoms with Gasteiger partial charge in [0.25, 0.3) is 0 Å². The Morgan fingerprint density at radius 1 is 1.12 bits per heavy atom. The maximum atomic E-state index is 7.59. The van der Waals surface area contributed by atoms with Crippen molar-refractivity contribution < 1.29 is 0 Å². The van der Waals surface area contributed by atoms with Crippen molar-refractivity contribution in [3.63, 3.8) is 0 Å². The van der Waals surface area contributed by atoms with Crippen LogP contribution < -0.4 is 16.0 Å². The molecule has 86 valence electrons. The second-order valence-electron chi connectivity index (χ2n) is 3.40. The van der Waals surface area contributed by atoms with Gasteiger partial charge in [0.05, 0.1) is 0 Å². The van der Waals surface area contributed by atoms with Crippen molar-refractivity contribution in [2.45, 2.75) is 13.8 Å². The molecule has 16 heavy (non-hydrogen) atoms. The van der Waals surface area contributed by atoms with Crippen LogP contribution in [0, 0.1) is 17.7 Å². The van der Waals surface area contributed by atoms with E-state index in [9.17, 15) is 0 Å². The van der Waals surface area contributed by atoms with Crippen LogP contribution in [0.4, 0.5) is 5.69 Å². The van der Waals surface area contributed by atoms with Gasteiger partial charge in [-0.1, -0.05) is 17.7 Å². The third-order valence-electron chi connectivity index (χ3n) is 1.92. The summed E-state index contributed by atoms with van der Waals surface area (Å²) in [6.07, 6.45) is 0. The van der Waals surface area contributed by atoms with Gasteiger partial charge in [-0.3, -0.25) is 16.1 Å². The fourth-order valence-electron chi connectivity index (χ4n) is 1.16. The number of rotatable bonds is 2. The van der Waals surface area contributed by atoms with Gasteiger partial charge in [0, 0.05) is 12.2 Å². The lowest BCUT2D eigenvalue weighted by Gasteiger charge is -2.11. The first-order valence-corrected chi connectivity index (χ1v) is 5.13. The molecule has 0 aliphatic rings.